The third kappa shape index (κ3) is 6.81. The lowest BCUT2D eigenvalue weighted by molar-refractivity contribution is 0.625. The average molecular weight is 439 g/mol. The van der Waals surface area contributed by atoms with Crippen molar-refractivity contribution in [2.45, 2.75) is 27.7 Å². The number of halogens is 4. The Morgan fingerprint density at radius 1 is 0.438 bits per heavy atom. The van der Waals surface area contributed by atoms with Crippen molar-refractivity contribution in [3.05, 3.63) is 119 Å². The summed E-state index contributed by atoms with van der Waals surface area (Å²) < 4.78 is 52.4. The predicted octanol–water partition coefficient (Wildman–Crippen LogP) is 8.91. The van der Waals surface area contributed by atoms with E-state index in [1.54, 1.807) is 36.4 Å². The van der Waals surface area contributed by atoms with Gasteiger partial charge in [-0.3, -0.25) is 0 Å². The average Bonchev–Trinajstić information content (AvgIpc) is 2.77. The molecule has 0 aliphatic carbocycles. The number of aryl methyl sites for hydroxylation is 2. The highest BCUT2D eigenvalue weighted by molar-refractivity contribution is 5.65. The van der Waals surface area contributed by atoms with Crippen LogP contribution < -0.4 is 0 Å². The summed E-state index contributed by atoms with van der Waals surface area (Å²) in [5, 5.41) is 0. The van der Waals surface area contributed by atoms with Gasteiger partial charge < -0.3 is 0 Å². The maximum Gasteiger partial charge on any atom is 0.131 e. The molecule has 0 heterocycles. The highest BCUT2D eigenvalue weighted by Crippen LogP contribution is 2.24. The molecule has 0 spiro atoms. The highest BCUT2D eigenvalue weighted by atomic mass is 19.1. The van der Waals surface area contributed by atoms with Crippen molar-refractivity contribution >= 4 is 0 Å². The lowest BCUT2D eigenvalue weighted by Crippen LogP contribution is -1.85. The second-order valence-corrected chi connectivity index (χ2v) is 6.98. The summed E-state index contributed by atoms with van der Waals surface area (Å²) in [6, 6.07) is 21.6. The molecule has 0 bridgehead atoms. The molecule has 0 saturated heterocycles. The molecule has 0 aliphatic rings. The van der Waals surface area contributed by atoms with Crippen LogP contribution in [0.5, 0.6) is 0 Å². The van der Waals surface area contributed by atoms with Crippen molar-refractivity contribution < 1.29 is 17.6 Å². The van der Waals surface area contributed by atoms with Gasteiger partial charge in [-0.15, -0.1) is 0 Å². The van der Waals surface area contributed by atoms with Gasteiger partial charge in [0.25, 0.3) is 0 Å². The first kappa shape index (κ1) is 24.9. The van der Waals surface area contributed by atoms with Crippen LogP contribution in [0.1, 0.15) is 25.0 Å². The van der Waals surface area contributed by atoms with Crippen LogP contribution in [0.3, 0.4) is 0 Å². The van der Waals surface area contributed by atoms with Crippen molar-refractivity contribution in [2.75, 3.05) is 0 Å². The van der Waals surface area contributed by atoms with Crippen LogP contribution in [-0.4, -0.2) is 0 Å². The minimum atomic E-state index is -0.314. The zero-order valence-corrected chi connectivity index (χ0v) is 18.6. The smallest absolute Gasteiger partial charge is 0.131 e. The summed E-state index contributed by atoms with van der Waals surface area (Å²) >= 11 is 0. The summed E-state index contributed by atoms with van der Waals surface area (Å²) in [6.45, 7) is 7.66. The maximum atomic E-state index is 13.5. The van der Waals surface area contributed by atoms with Crippen molar-refractivity contribution in [1.29, 1.82) is 0 Å². The van der Waals surface area contributed by atoms with Gasteiger partial charge in [-0.2, -0.15) is 0 Å². The van der Waals surface area contributed by atoms with Crippen molar-refractivity contribution in [2.24, 2.45) is 0 Å². The van der Waals surface area contributed by atoms with Crippen LogP contribution in [0.4, 0.5) is 17.6 Å². The summed E-state index contributed by atoms with van der Waals surface area (Å²) in [6.07, 6.45) is 0. The van der Waals surface area contributed by atoms with Gasteiger partial charge in [-0.25, -0.2) is 17.6 Å². The molecule has 0 amide bonds. The SMILES string of the molecule is CC.Cc1ccc(-c2ccc(F)cc2)c(F)c1.Cc1ccc(-c2ccc(F)cc2)c(F)c1. The van der Waals surface area contributed by atoms with E-state index in [0.29, 0.717) is 22.3 Å². The van der Waals surface area contributed by atoms with Gasteiger partial charge in [-0.05, 0) is 72.5 Å². The second kappa shape index (κ2) is 11.8. The predicted molar refractivity (Wildman–Crippen MR) is 124 cm³/mol. The molecule has 0 aromatic heterocycles. The van der Waals surface area contributed by atoms with Crippen LogP contribution in [0.2, 0.25) is 0 Å². The summed E-state index contributed by atoms with van der Waals surface area (Å²) in [5.74, 6) is -1.18. The second-order valence-electron chi connectivity index (χ2n) is 6.98. The topological polar surface area (TPSA) is 0 Å². The molecule has 32 heavy (non-hydrogen) atoms. The Hall–Kier alpha value is -3.40. The number of hydrogen-bond acceptors (Lipinski definition) is 0. The van der Waals surface area contributed by atoms with E-state index in [9.17, 15) is 17.6 Å². The van der Waals surface area contributed by atoms with Crippen molar-refractivity contribution in [1.82, 2.24) is 0 Å². The molecule has 0 fully saturated rings. The van der Waals surface area contributed by atoms with E-state index < -0.39 is 0 Å². The lowest BCUT2D eigenvalue weighted by Gasteiger charge is -2.04. The first-order valence-electron chi connectivity index (χ1n) is 10.4. The fourth-order valence-electron chi connectivity index (χ4n) is 2.97. The molecule has 4 aromatic carbocycles. The van der Waals surface area contributed by atoms with Crippen LogP contribution >= 0.6 is 0 Å². The zero-order valence-electron chi connectivity index (χ0n) is 18.6. The van der Waals surface area contributed by atoms with Gasteiger partial charge in [0.2, 0.25) is 0 Å². The zero-order chi connectivity index (χ0) is 23.7. The fourth-order valence-corrected chi connectivity index (χ4v) is 2.97. The Balaban J connectivity index is 0.000000211. The number of hydrogen-bond donors (Lipinski definition) is 0. The van der Waals surface area contributed by atoms with Gasteiger partial charge in [0, 0.05) is 11.1 Å². The molecule has 4 aromatic rings. The van der Waals surface area contributed by atoms with Gasteiger partial charge in [-0.1, -0.05) is 62.4 Å². The fraction of sp³-hybridized carbons (Fsp3) is 0.143. The summed E-state index contributed by atoms with van der Waals surface area (Å²) in [7, 11) is 0. The largest absolute Gasteiger partial charge is 0.207 e. The van der Waals surface area contributed by atoms with Gasteiger partial charge in [0.15, 0.2) is 0 Å². The Morgan fingerprint density at radius 3 is 1.03 bits per heavy atom. The van der Waals surface area contributed by atoms with Crippen LogP contribution in [0.15, 0.2) is 84.9 Å². The molecular formula is C28H26F4. The molecule has 0 unspecified atom stereocenters. The van der Waals surface area contributed by atoms with E-state index in [4.69, 9.17) is 0 Å². The molecule has 0 nitrogen and oxygen atoms in total. The maximum absolute atomic E-state index is 13.5. The van der Waals surface area contributed by atoms with E-state index in [1.807, 2.05) is 39.8 Å². The quantitative estimate of drug-likeness (QED) is 0.274. The third-order valence-electron chi connectivity index (χ3n) is 4.56. The molecule has 0 aliphatic heterocycles. The Bertz CT molecular complexity index is 1040. The molecule has 0 saturated carbocycles. The summed E-state index contributed by atoms with van der Waals surface area (Å²) in [5.41, 5.74) is 4.13. The van der Waals surface area contributed by atoms with E-state index in [2.05, 4.69) is 0 Å². The molecule has 4 rings (SSSR count). The van der Waals surface area contributed by atoms with Crippen molar-refractivity contribution in [3.8, 4) is 22.3 Å². The Kier molecular flexibility index (Phi) is 9.21. The van der Waals surface area contributed by atoms with E-state index in [-0.39, 0.29) is 23.3 Å². The third-order valence-corrected chi connectivity index (χ3v) is 4.56. The summed E-state index contributed by atoms with van der Waals surface area (Å²) in [4.78, 5) is 0. The molecule has 0 radical (unpaired) electrons. The Morgan fingerprint density at radius 2 is 0.750 bits per heavy atom. The van der Waals surface area contributed by atoms with E-state index >= 15 is 0 Å². The molecule has 0 atom stereocenters. The van der Waals surface area contributed by atoms with E-state index in [1.165, 1.54) is 36.4 Å². The minimum Gasteiger partial charge on any atom is -0.207 e. The first-order chi connectivity index (χ1) is 15.3. The first-order valence-corrected chi connectivity index (χ1v) is 10.4. The molecular weight excluding hydrogens is 412 g/mol. The van der Waals surface area contributed by atoms with Gasteiger partial charge in [0.05, 0.1) is 0 Å². The van der Waals surface area contributed by atoms with Crippen LogP contribution in [0, 0.1) is 37.1 Å². The highest BCUT2D eigenvalue weighted by Gasteiger charge is 2.05. The standard InChI is InChI=1S/2C13H10F2.C2H6/c2*1-9-2-7-12(13(15)8-9)10-3-5-11(14)6-4-10;1-2/h2*2-8H,1H3;1-2H3. The minimum absolute atomic E-state index is 0.276. The number of benzene rings is 4. The lowest BCUT2D eigenvalue weighted by atomic mass is 10.0. The van der Waals surface area contributed by atoms with Crippen LogP contribution in [-0.2, 0) is 0 Å². The normalized spacial score (nSPS) is 9.88. The van der Waals surface area contributed by atoms with Gasteiger partial charge >= 0.3 is 0 Å². The molecule has 0 N–H and O–H groups in total. The van der Waals surface area contributed by atoms with Crippen molar-refractivity contribution in [3.63, 3.8) is 0 Å². The molecule has 166 valence electrons. The van der Waals surface area contributed by atoms with Crippen LogP contribution in [0.25, 0.3) is 22.3 Å². The number of rotatable bonds is 2. The van der Waals surface area contributed by atoms with Gasteiger partial charge in [0.1, 0.15) is 23.3 Å². The Labute approximate surface area is 187 Å². The molecule has 4 heteroatoms. The van der Waals surface area contributed by atoms with E-state index in [0.717, 1.165) is 11.1 Å². The monoisotopic (exact) mass is 438 g/mol.